The Labute approximate surface area is 110 Å². The molecule has 1 aromatic rings. The predicted octanol–water partition coefficient (Wildman–Crippen LogP) is 2.32. The Morgan fingerprint density at radius 3 is 2.89 bits per heavy atom. The number of likely N-dealkylation sites (tertiary alicyclic amines) is 1. The molecule has 1 aliphatic rings. The minimum absolute atomic E-state index is 0.743. The van der Waals surface area contributed by atoms with Gasteiger partial charge in [0.05, 0.1) is 0 Å². The Bertz CT molecular complexity index is 349. The summed E-state index contributed by atoms with van der Waals surface area (Å²) in [6.07, 6.45) is 7.61. The molecule has 2 heterocycles. The summed E-state index contributed by atoms with van der Waals surface area (Å²) >= 11 is 0. The number of hydrogen-bond donors (Lipinski definition) is 1. The average molecular weight is 248 g/mol. The molecule has 0 spiro atoms. The molecule has 1 N–H and O–H groups in total. The van der Waals surface area contributed by atoms with Gasteiger partial charge in [-0.1, -0.05) is 6.92 Å². The normalized spacial score (nSPS) is 20.9. The van der Waals surface area contributed by atoms with E-state index in [2.05, 4.69) is 27.1 Å². The summed E-state index contributed by atoms with van der Waals surface area (Å²) in [5, 5.41) is 3.27. The van der Waals surface area contributed by atoms with Gasteiger partial charge in [0.15, 0.2) is 0 Å². The standard InChI is InChI=1S/C14H24N4/c1-12-5-3-7-18(11-12)8-4-6-15-14-16-9-13(2)10-17-14/h9-10,12H,3-8,11H2,1-2H3,(H,15,16,17)/t12-/m1/s1. The molecule has 1 saturated heterocycles. The van der Waals surface area contributed by atoms with Gasteiger partial charge in [-0.2, -0.15) is 0 Å². The predicted molar refractivity (Wildman–Crippen MR) is 74.7 cm³/mol. The molecule has 1 aliphatic heterocycles. The van der Waals surface area contributed by atoms with Crippen LogP contribution in [0.1, 0.15) is 31.7 Å². The number of aromatic nitrogens is 2. The molecule has 0 aliphatic carbocycles. The number of hydrogen-bond acceptors (Lipinski definition) is 4. The molecule has 1 fully saturated rings. The molecule has 4 heteroatoms. The smallest absolute Gasteiger partial charge is 0.222 e. The van der Waals surface area contributed by atoms with Crippen LogP contribution in [-0.4, -0.2) is 41.0 Å². The number of nitrogens with zero attached hydrogens (tertiary/aromatic N) is 3. The first-order chi connectivity index (χ1) is 8.74. The van der Waals surface area contributed by atoms with E-state index in [9.17, 15) is 0 Å². The van der Waals surface area contributed by atoms with Gasteiger partial charge in [0, 0.05) is 25.5 Å². The van der Waals surface area contributed by atoms with Crippen molar-refractivity contribution in [2.24, 2.45) is 5.92 Å². The minimum Gasteiger partial charge on any atom is -0.354 e. The van der Waals surface area contributed by atoms with Crippen LogP contribution in [0.4, 0.5) is 5.95 Å². The first-order valence-electron chi connectivity index (χ1n) is 6.99. The lowest BCUT2D eigenvalue weighted by atomic mass is 10.0. The molecular formula is C14H24N4. The van der Waals surface area contributed by atoms with E-state index in [4.69, 9.17) is 0 Å². The molecule has 1 atom stereocenters. The minimum atomic E-state index is 0.743. The first kappa shape index (κ1) is 13.3. The monoisotopic (exact) mass is 248 g/mol. The van der Waals surface area contributed by atoms with Gasteiger partial charge in [0.25, 0.3) is 0 Å². The van der Waals surface area contributed by atoms with Crippen LogP contribution in [0.3, 0.4) is 0 Å². The molecule has 0 bridgehead atoms. The third-order valence-electron chi connectivity index (χ3n) is 3.46. The zero-order valence-electron chi connectivity index (χ0n) is 11.5. The van der Waals surface area contributed by atoms with Gasteiger partial charge in [-0.25, -0.2) is 9.97 Å². The maximum atomic E-state index is 4.24. The maximum absolute atomic E-state index is 4.24. The van der Waals surface area contributed by atoms with E-state index in [1.54, 1.807) is 0 Å². The van der Waals surface area contributed by atoms with E-state index in [1.807, 2.05) is 19.3 Å². The van der Waals surface area contributed by atoms with E-state index < -0.39 is 0 Å². The second kappa shape index (κ2) is 6.69. The lowest BCUT2D eigenvalue weighted by molar-refractivity contribution is 0.183. The van der Waals surface area contributed by atoms with Gasteiger partial charge < -0.3 is 10.2 Å². The van der Waals surface area contributed by atoms with Gasteiger partial charge >= 0.3 is 0 Å². The highest BCUT2D eigenvalue weighted by molar-refractivity contribution is 5.23. The van der Waals surface area contributed by atoms with Crippen LogP contribution in [0.2, 0.25) is 0 Å². The molecule has 0 radical (unpaired) electrons. The van der Waals surface area contributed by atoms with E-state index in [1.165, 1.54) is 32.5 Å². The molecule has 0 saturated carbocycles. The van der Waals surface area contributed by atoms with Gasteiger partial charge in [0.1, 0.15) is 0 Å². The summed E-state index contributed by atoms with van der Waals surface area (Å²) in [4.78, 5) is 11.1. The summed E-state index contributed by atoms with van der Waals surface area (Å²) in [5.41, 5.74) is 1.10. The van der Waals surface area contributed by atoms with Crippen molar-refractivity contribution in [1.29, 1.82) is 0 Å². The van der Waals surface area contributed by atoms with Crippen molar-refractivity contribution in [3.05, 3.63) is 18.0 Å². The summed E-state index contributed by atoms with van der Waals surface area (Å²) in [6.45, 7) is 9.02. The average Bonchev–Trinajstić information content (AvgIpc) is 2.37. The fourth-order valence-electron chi connectivity index (χ4n) is 2.48. The largest absolute Gasteiger partial charge is 0.354 e. The van der Waals surface area contributed by atoms with Crippen LogP contribution in [0, 0.1) is 12.8 Å². The molecule has 4 nitrogen and oxygen atoms in total. The number of anilines is 1. The van der Waals surface area contributed by atoms with E-state index >= 15 is 0 Å². The zero-order chi connectivity index (χ0) is 12.8. The molecule has 18 heavy (non-hydrogen) atoms. The highest BCUT2D eigenvalue weighted by Crippen LogP contribution is 2.15. The van der Waals surface area contributed by atoms with Crippen molar-refractivity contribution < 1.29 is 0 Å². The first-order valence-corrected chi connectivity index (χ1v) is 6.99. The fraction of sp³-hybridized carbons (Fsp3) is 0.714. The molecule has 1 aromatic heterocycles. The van der Waals surface area contributed by atoms with Crippen molar-refractivity contribution >= 4 is 5.95 Å². The summed E-state index contributed by atoms with van der Waals surface area (Å²) in [7, 11) is 0. The highest BCUT2D eigenvalue weighted by atomic mass is 15.1. The zero-order valence-corrected chi connectivity index (χ0v) is 11.5. The van der Waals surface area contributed by atoms with Crippen LogP contribution >= 0.6 is 0 Å². The molecule has 0 amide bonds. The molecule has 0 unspecified atom stereocenters. The lowest BCUT2D eigenvalue weighted by Gasteiger charge is -2.30. The van der Waals surface area contributed by atoms with Crippen molar-refractivity contribution in [1.82, 2.24) is 14.9 Å². The van der Waals surface area contributed by atoms with Crippen LogP contribution in [0.25, 0.3) is 0 Å². The van der Waals surface area contributed by atoms with Crippen LogP contribution in [0.15, 0.2) is 12.4 Å². The fourth-order valence-corrected chi connectivity index (χ4v) is 2.48. The second-order valence-electron chi connectivity index (χ2n) is 5.41. The maximum Gasteiger partial charge on any atom is 0.222 e. The van der Waals surface area contributed by atoms with Gasteiger partial charge in [-0.05, 0) is 50.8 Å². The number of rotatable bonds is 5. The van der Waals surface area contributed by atoms with Crippen molar-refractivity contribution in [2.75, 3.05) is 31.5 Å². The third-order valence-corrected chi connectivity index (χ3v) is 3.46. The summed E-state index contributed by atoms with van der Waals surface area (Å²) in [6, 6.07) is 0. The van der Waals surface area contributed by atoms with Crippen LogP contribution in [-0.2, 0) is 0 Å². The number of aryl methyl sites for hydroxylation is 1. The Morgan fingerprint density at radius 1 is 1.39 bits per heavy atom. The Kier molecular flexibility index (Phi) is 4.93. The van der Waals surface area contributed by atoms with E-state index in [-0.39, 0.29) is 0 Å². The quantitative estimate of drug-likeness (QED) is 0.812. The third kappa shape index (κ3) is 4.26. The van der Waals surface area contributed by atoms with Crippen molar-refractivity contribution in [3.63, 3.8) is 0 Å². The Morgan fingerprint density at radius 2 is 2.17 bits per heavy atom. The Balaban J connectivity index is 1.62. The second-order valence-corrected chi connectivity index (χ2v) is 5.41. The Hall–Kier alpha value is -1.16. The van der Waals surface area contributed by atoms with Crippen molar-refractivity contribution in [2.45, 2.75) is 33.1 Å². The molecular weight excluding hydrogens is 224 g/mol. The topological polar surface area (TPSA) is 41.1 Å². The summed E-state index contributed by atoms with van der Waals surface area (Å²) in [5.74, 6) is 1.61. The van der Waals surface area contributed by atoms with Gasteiger partial charge in [0.2, 0.25) is 5.95 Å². The van der Waals surface area contributed by atoms with Crippen LogP contribution < -0.4 is 5.32 Å². The van der Waals surface area contributed by atoms with Crippen LogP contribution in [0.5, 0.6) is 0 Å². The van der Waals surface area contributed by atoms with E-state index in [0.29, 0.717) is 0 Å². The van der Waals surface area contributed by atoms with Crippen molar-refractivity contribution in [3.8, 4) is 0 Å². The van der Waals surface area contributed by atoms with Gasteiger partial charge in [-0.3, -0.25) is 0 Å². The van der Waals surface area contributed by atoms with Gasteiger partial charge in [-0.15, -0.1) is 0 Å². The molecule has 0 aromatic carbocycles. The highest BCUT2D eigenvalue weighted by Gasteiger charge is 2.15. The summed E-state index contributed by atoms with van der Waals surface area (Å²) < 4.78 is 0. The molecule has 100 valence electrons. The number of piperidine rings is 1. The molecule has 2 rings (SSSR count). The van der Waals surface area contributed by atoms with E-state index in [0.717, 1.165) is 30.4 Å². The lowest BCUT2D eigenvalue weighted by Crippen LogP contribution is -2.35. The SMILES string of the molecule is Cc1cnc(NCCCN2CCC[C@@H](C)C2)nc1. The number of nitrogens with one attached hydrogen (secondary N) is 1.